The maximum atomic E-state index is 14.1. The van der Waals surface area contributed by atoms with E-state index in [2.05, 4.69) is 5.32 Å². The number of sulfonamides is 1. The quantitative estimate of drug-likeness (QED) is 0.229. The van der Waals surface area contributed by atoms with Crippen molar-refractivity contribution in [2.75, 3.05) is 24.5 Å². The minimum Gasteiger partial charge on any atom is -0.495 e. The first kappa shape index (κ1) is 33.5. The zero-order valence-electron chi connectivity index (χ0n) is 23.8. The molecule has 0 saturated heterocycles. The fourth-order valence-electron chi connectivity index (χ4n) is 4.24. The molecule has 12 heteroatoms. The molecule has 0 saturated carbocycles. The number of rotatable bonds is 13. The van der Waals surface area contributed by atoms with Crippen molar-refractivity contribution in [3.8, 4) is 5.75 Å². The second-order valence-electron chi connectivity index (χ2n) is 9.98. The van der Waals surface area contributed by atoms with Crippen LogP contribution in [0.15, 0.2) is 71.6 Å². The summed E-state index contributed by atoms with van der Waals surface area (Å²) in [6.45, 7) is 5.53. The number of hydrogen-bond acceptors (Lipinski definition) is 5. The Morgan fingerprint density at radius 1 is 0.929 bits per heavy atom. The van der Waals surface area contributed by atoms with Gasteiger partial charge in [-0.2, -0.15) is 0 Å². The van der Waals surface area contributed by atoms with Gasteiger partial charge in [-0.25, -0.2) is 8.42 Å². The van der Waals surface area contributed by atoms with Gasteiger partial charge >= 0.3 is 0 Å². The van der Waals surface area contributed by atoms with E-state index < -0.39 is 28.5 Å². The molecule has 0 heterocycles. The predicted octanol–water partition coefficient (Wildman–Crippen LogP) is 6.43. The molecule has 2 amide bonds. The van der Waals surface area contributed by atoms with Gasteiger partial charge in [-0.1, -0.05) is 79.8 Å². The van der Waals surface area contributed by atoms with Gasteiger partial charge in [0.1, 0.15) is 18.3 Å². The van der Waals surface area contributed by atoms with E-state index in [0.29, 0.717) is 27.9 Å². The van der Waals surface area contributed by atoms with Crippen LogP contribution in [0, 0.1) is 5.92 Å². The van der Waals surface area contributed by atoms with Crippen molar-refractivity contribution in [3.05, 3.63) is 87.4 Å². The monoisotopic (exact) mass is 653 g/mol. The first-order valence-electron chi connectivity index (χ1n) is 13.3. The fourth-order valence-corrected chi connectivity index (χ4v) is 6.24. The molecule has 0 aromatic heterocycles. The molecule has 0 bridgehead atoms. The number of amides is 2. The van der Waals surface area contributed by atoms with Crippen LogP contribution in [0.25, 0.3) is 0 Å². The molecule has 0 fully saturated rings. The van der Waals surface area contributed by atoms with E-state index in [1.54, 1.807) is 43.3 Å². The average Bonchev–Trinajstić information content (AvgIpc) is 2.96. The van der Waals surface area contributed by atoms with Crippen LogP contribution in [0.4, 0.5) is 5.69 Å². The molecule has 1 N–H and O–H groups in total. The highest BCUT2D eigenvalue weighted by molar-refractivity contribution is 7.92. The minimum atomic E-state index is -4.23. The lowest BCUT2D eigenvalue weighted by Gasteiger charge is -2.33. The number of nitrogens with zero attached hydrogens (tertiary/aromatic N) is 2. The number of benzene rings is 3. The van der Waals surface area contributed by atoms with E-state index in [1.165, 1.54) is 42.3 Å². The molecular formula is C30H34Cl3N3O5S. The Balaban J connectivity index is 2.08. The van der Waals surface area contributed by atoms with E-state index >= 15 is 0 Å². The SMILES string of the molecule is CC[C@H](C(=O)NCC(C)C)N(Cc1ccc(Cl)c(Cl)c1)C(=O)CN(c1ccc(OC)c(Cl)c1)S(=O)(=O)c1ccccc1. The molecule has 1 atom stereocenters. The van der Waals surface area contributed by atoms with Crippen LogP contribution in [0.5, 0.6) is 5.75 Å². The van der Waals surface area contributed by atoms with Crippen LogP contribution in [-0.4, -0.2) is 51.4 Å². The molecule has 0 radical (unpaired) electrons. The third-order valence-corrected chi connectivity index (χ3v) is 9.26. The van der Waals surface area contributed by atoms with Crippen LogP contribution in [0.2, 0.25) is 15.1 Å². The lowest BCUT2D eigenvalue weighted by Crippen LogP contribution is -2.52. The Hall–Kier alpha value is -2.98. The van der Waals surface area contributed by atoms with Crippen molar-refractivity contribution in [2.24, 2.45) is 5.92 Å². The second kappa shape index (κ2) is 15.0. The van der Waals surface area contributed by atoms with Crippen molar-refractivity contribution >= 4 is 62.3 Å². The van der Waals surface area contributed by atoms with Crippen molar-refractivity contribution in [2.45, 2.75) is 44.7 Å². The van der Waals surface area contributed by atoms with Gasteiger partial charge in [-0.05, 0) is 60.4 Å². The highest BCUT2D eigenvalue weighted by Gasteiger charge is 2.34. The molecule has 0 aliphatic heterocycles. The standard InChI is InChI=1S/C30H34Cl3N3O5S/c1-5-27(30(38)34-17-20(2)3)35(18-21-11-13-24(31)25(32)15-21)29(37)19-36(22-12-14-28(41-4)26(33)16-22)42(39,40)23-9-7-6-8-10-23/h6-16,20,27H,5,17-19H2,1-4H3,(H,34,38)/t27-/m1/s1. The number of halogens is 3. The highest BCUT2D eigenvalue weighted by atomic mass is 35.5. The van der Waals surface area contributed by atoms with Gasteiger partial charge in [0, 0.05) is 13.1 Å². The fraction of sp³-hybridized carbons (Fsp3) is 0.333. The molecule has 3 aromatic rings. The molecule has 226 valence electrons. The maximum Gasteiger partial charge on any atom is 0.264 e. The van der Waals surface area contributed by atoms with E-state index in [1.807, 2.05) is 13.8 Å². The third kappa shape index (κ3) is 8.31. The summed E-state index contributed by atoms with van der Waals surface area (Å²) in [5.74, 6) is -0.404. The first-order valence-corrected chi connectivity index (χ1v) is 15.9. The Bertz CT molecular complexity index is 1500. The second-order valence-corrected chi connectivity index (χ2v) is 13.1. The van der Waals surface area contributed by atoms with Crippen LogP contribution >= 0.6 is 34.8 Å². The number of hydrogen-bond donors (Lipinski definition) is 1. The van der Waals surface area contributed by atoms with Crippen LogP contribution in [0.1, 0.15) is 32.8 Å². The largest absolute Gasteiger partial charge is 0.495 e. The van der Waals surface area contributed by atoms with Gasteiger partial charge < -0.3 is 15.0 Å². The summed E-state index contributed by atoms with van der Waals surface area (Å²) in [7, 11) is -2.79. The minimum absolute atomic E-state index is 0.00802. The Morgan fingerprint density at radius 3 is 2.19 bits per heavy atom. The summed E-state index contributed by atoms with van der Waals surface area (Å²) in [6.07, 6.45) is 0.288. The zero-order valence-corrected chi connectivity index (χ0v) is 26.9. The molecule has 3 rings (SSSR count). The molecule has 0 aliphatic carbocycles. The molecule has 0 spiro atoms. The lowest BCUT2D eigenvalue weighted by molar-refractivity contribution is -0.140. The molecule has 0 unspecified atom stereocenters. The number of carbonyl (C=O) groups excluding carboxylic acids is 2. The van der Waals surface area contributed by atoms with Gasteiger partial charge in [-0.3, -0.25) is 13.9 Å². The number of anilines is 1. The Labute approximate surface area is 262 Å². The summed E-state index contributed by atoms with van der Waals surface area (Å²) < 4.78 is 34.0. The van der Waals surface area contributed by atoms with Crippen molar-refractivity contribution < 1.29 is 22.7 Å². The average molecular weight is 655 g/mol. The van der Waals surface area contributed by atoms with Gasteiger partial charge in [0.05, 0.1) is 32.8 Å². The summed E-state index contributed by atoms with van der Waals surface area (Å²) in [5.41, 5.74) is 0.780. The molecule has 42 heavy (non-hydrogen) atoms. The van der Waals surface area contributed by atoms with Gasteiger partial charge in [-0.15, -0.1) is 0 Å². The van der Waals surface area contributed by atoms with E-state index in [-0.39, 0.29) is 40.4 Å². The highest BCUT2D eigenvalue weighted by Crippen LogP contribution is 2.32. The van der Waals surface area contributed by atoms with Gasteiger partial charge in [0.25, 0.3) is 10.0 Å². The van der Waals surface area contributed by atoms with E-state index in [0.717, 1.165) is 4.31 Å². The lowest BCUT2D eigenvalue weighted by atomic mass is 10.1. The van der Waals surface area contributed by atoms with E-state index in [4.69, 9.17) is 39.5 Å². The molecule has 3 aromatic carbocycles. The number of ether oxygens (including phenoxy) is 1. The smallest absolute Gasteiger partial charge is 0.264 e. The van der Waals surface area contributed by atoms with Crippen LogP contribution in [0.3, 0.4) is 0 Å². The first-order chi connectivity index (χ1) is 19.9. The summed E-state index contributed by atoms with van der Waals surface area (Å²) >= 11 is 18.7. The third-order valence-electron chi connectivity index (χ3n) is 6.44. The van der Waals surface area contributed by atoms with Crippen molar-refractivity contribution in [3.63, 3.8) is 0 Å². The molecular weight excluding hydrogens is 621 g/mol. The molecule has 8 nitrogen and oxygen atoms in total. The summed E-state index contributed by atoms with van der Waals surface area (Å²) in [4.78, 5) is 28.8. The van der Waals surface area contributed by atoms with Gasteiger partial charge in [0.2, 0.25) is 11.8 Å². The zero-order chi connectivity index (χ0) is 31.0. The molecule has 0 aliphatic rings. The number of nitrogens with one attached hydrogen (secondary N) is 1. The van der Waals surface area contributed by atoms with Gasteiger partial charge in [0.15, 0.2) is 0 Å². The summed E-state index contributed by atoms with van der Waals surface area (Å²) in [5, 5.41) is 3.70. The number of carbonyl (C=O) groups is 2. The maximum absolute atomic E-state index is 14.1. The van der Waals surface area contributed by atoms with Crippen LogP contribution < -0.4 is 14.4 Å². The number of methoxy groups -OCH3 is 1. The Morgan fingerprint density at radius 2 is 1.62 bits per heavy atom. The van der Waals surface area contributed by atoms with Crippen molar-refractivity contribution in [1.29, 1.82) is 0 Å². The predicted molar refractivity (Wildman–Crippen MR) is 168 cm³/mol. The summed E-state index contributed by atoms with van der Waals surface area (Å²) in [6, 6.07) is 16.3. The van der Waals surface area contributed by atoms with Crippen molar-refractivity contribution in [1.82, 2.24) is 10.2 Å². The Kier molecular flexibility index (Phi) is 11.9. The van der Waals surface area contributed by atoms with E-state index in [9.17, 15) is 18.0 Å². The normalized spacial score (nSPS) is 12.1. The van der Waals surface area contributed by atoms with Crippen LogP contribution in [-0.2, 0) is 26.2 Å². The topological polar surface area (TPSA) is 96.0 Å².